The second-order valence-electron chi connectivity index (χ2n) is 5.03. The minimum atomic E-state index is -0.0765. The lowest BCUT2D eigenvalue weighted by atomic mass is 10.0. The Hall–Kier alpha value is -2.54. The lowest BCUT2D eigenvalue weighted by Crippen LogP contribution is -2.15. The molecule has 1 fully saturated rings. The largest absolute Gasteiger partial charge is 0.454 e. The Balaban J connectivity index is 0.000000131. The third-order valence-corrected chi connectivity index (χ3v) is 3.49. The van der Waals surface area contributed by atoms with Crippen molar-refractivity contribution in [3.8, 4) is 23.8 Å². The molecule has 114 valence electrons. The summed E-state index contributed by atoms with van der Waals surface area (Å²) in [6.07, 6.45) is 10.8. The average molecular weight is 298 g/mol. The molecule has 2 aliphatic heterocycles. The first-order valence-corrected chi connectivity index (χ1v) is 7.36. The Morgan fingerprint density at radius 1 is 1.14 bits per heavy atom. The van der Waals surface area contributed by atoms with Crippen LogP contribution in [0.15, 0.2) is 47.9 Å². The van der Waals surface area contributed by atoms with E-state index in [4.69, 9.17) is 25.4 Å². The van der Waals surface area contributed by atoms with Crippen molar-refractivity contribution in [2.45, 2.75) is 26.1 Å². The highest BCUT2D eigenvalue weighted by Gasteiger charge is 2.22. The van der Waals surface area contributed by atoms with Gasteiger partial charge in [0.15, 0.2) is 23.0 Å². The lowest BCUT2D eigenvalue weighted by molar-refractivity contribution is 0.0464. The number of para-hydroxylation sites is 2. The Kier molecular flexibility index (Phi) is 4.24. The van der Waals surface area contributed by atoms with Crippen LogP contribution < -0.4 is 9.47 Å². The van der Waals surface area contributed by atoms with E-state index in [9.17, 15) is 0 Å². The van der Waals surface area contributed by atoms with Crippen molar-refractivity contribution < 1.29 is 18.9 Å². The molecule has 0 radical (unpaired) electrons. The molecular weight excluding hydrogens is 280 g/mol. The summed E-state index contributed by atoms with van der Waals surface area (Å²) in [5.74, 6) is 6.21. The van der Waals surface area contributed by atoms with Crippen molar-refractivity contribution in [3.63, 3.8) is 0 Å². The number of hydrogen-bond donors (Lipinski definition) is 0. The SMILES string of the molecule is C#CC1C=C2OCOC2=CC1.CCC1Oc2ccccc2O1. The highest BCUT2D eigenvalue weighted by molar-refractivity contribution is 5.41. The maximum absolute atomic E-state index is 5.43. The predicted octanol–water partition coefficient (Wildman–Crippen LogP) is 3.61. The first-order valence-electron chi connectivity index (χ1n) is 7.36. The molecule has 1 aromatic rings. The maximum atomic E-state index is 5.43. The van der Waals surface area contributed by atoms with Crippen LogP contribution in [0.4, 0.5) is 0 Å². The molecule has 0 N–H and O–H groups in total. The normalized spacial score (nSPS) is 21.2. The van der Waals surface area contributed by atoms with Gasteiger partial charge in [0.2, 0.25) is 13.1 Å². The molecule has 3 aliphatic rings. The molecule has 4 rings (SSSR count). The minimum Gasteiger partial charge on any atom is -0.454 e. The zero-order chi connectivity index (χ0) is 15.4. The van der Waals surface area contributed by atoms with E-state index >= 15 is 0 Å². The fraction of sp³-hybridized carbons (Fsp3) is 0.333. The van der Waals surface area contributed by atoms with E-state index < -0.39 is 0 Å². The molecule has 1 unspecified atom stereocenters. The molecule has 1 saturated heterocycles. The second-order valence-corrected chi connectivity index (χ2v) is 5.03. The Labute approximate surface area is 130 Å². The highest BCUT2D eigenvalue weighted by atomic mass is 16.7. The number of ether oxygens (including phenoxy) is 4. The standard InChI is InChI=1S/C9H8O2.C9H10O2/c1-2-7-3-4-8-9(5-7)11-6-10-8;1-2-9-10-7-5-3-4-6-8(7)11-9/h1,4-5,7H,3,6H2;3-6,9H,2H2,1H3. The molecule has 2 heterocycles. The molecule has 0 amide bonds. The first kappa shape index (κ1) is 14.4. The molecule has 1 aliphatic carbocycles. The zero-order valence-electron chi connectivity index (χ0n) is 12.5. The third kappa shape index (κ3) is 3.04. The van der Waals surface area contributed by atoms with Gasteiger partial charge in [0.05, 0.1) is 0 Å². The van der Waals surface area contributed by atoms with Crippen LogP contribution in [-0.2, 0) is 9.47 Å². The first-order chi connectivity index (χ1) is 10.8. The van der Waals surface area contributed by atoms with Gasteiger partial charge >= 0.3 is 0 Å². The predicted molar refractivity (Wildman–Crippen MR) is 81.9 cm³/mol. The Bertz CT molecular complexity index is 614. The smallest absolute Gasteiger partial charge is 0.241 e. The van der Waals surface area contributed by atoms with Crippen molar-refractivity contribution in [3.05, 3.63) is 47.9 Å². The van der Waals surface area contributed by atoms with Crippen molar-refractivity contribution in [1.29, 1.82) is 0 Å². The summed E-state index contributed by atoms with van der Waals surface area (Å²) in [6.45, 7) is 2.37. The number of allylic oxidation sites excluding steroid dienone is 2. The maximum Gasteiger partial charge on any atom is 0.241 e. The zero-order valence-corrected chi connectivity index (χ0v) is 12.5. The van der Waals surface area contributed by atoms with Crippen molar-refractivity contribution in [1.82, 2.24) is 0 Å². The van der Waals surface area contributed by atoms with E-state index in [1.807, 2.05) is 43.3 Å². The van der Waals surface area contributed by atoms with Gasteiger partial charge in [-0.05, 0) is 30.7 Å². The van der Waals surface area contributed by atoms with Crippen LogP contribution in [0.25, 0.3) is 0 Å². The summed E-state index contributed by atoms with van der Waals surface area (Å²) >= 11 is 0. The summed E-state index contributed by atoms with van der Waals surface area (Å²) in [5, 5.41) is 0. The van der Waals surface area contributed by atoms with Crippen molar-refractivity contribution in [2.75, 3.05) is 6.79 Å². The molecule has 4 heteroatoms. The molecule has 0 saturated carbocycles. The van der Waals surface area contributed by atoms with Crippen LogP contribution in [-0.4, -0.2) is 13.1 Å². The summed E-state index contributed by atoms with van der Waals surface area (Å²) in [5.41, 5.74) is 0. The number of benzene rings is 1. The fourth-order valence-electron chi connectivity index (χ4n) is 2.31. The summed E-state index contributed by atoms with van der Waals surface area (Å²) in [6, 6.07) is 7.73. The van der Waals surface area contributed by atoms with Gasteiger partial charge in [-0.25, -0.2) is 0 Å². The van der Waals surface area contributed by atoms with E-state index in [1.165, 1.54) is 0 Å². The summed E-state index contributed by atoms with van der Waals surface area (Å²) < 4.78 is 21.2. The number of hydrogen-bond acceptors (Lipinski definition) is 4. The van der Waals surface area contributed by atoms with Crippen molar-refractivity contribution in [2.24, 2.45) is 5.92 Å². The number of terminal acetylenes is 1. The van der Waals surface area contributed by atoms with Gasteiger partial charge < -0.3 is 18.9 Å². The molecule has 0 bridgehead atoms. The van der Waals surface area contributed by atoms with Gasteiger partial charge in [0, 0.05) is 12.3 Å². The quantitative estimate of drug-likeness (QED) is 0.742. The molecule has 0 spiro atoms. The van der Waals surface area contributed by atoms with Crippen LogP contribution >= 0.6 is 0 Å². The number of rotatable bonds is 1. The molecule has 4 nitrogen and oxygen atoms in total. The fourth-order valence-corrected chi connectivity index (χ4v) is 2.31. The second kappa shape index (κ2) is 6.48. The number of fused-ring (bicyclic) bond motifs is 2. The lowest BCUT2D eigenvalue weighted by Gasteiger charge is -2.08. The molecule has 0 aromatic heterocycles. The van der Waals surface area contributed by atoms with Gasteiger partial charge in [-0.2, -0.15) is 0 Å². The summed E-state index contributed by atoms with van der Waals surface area (Å²) in [7, 11) is 0. The molecular formula is C18H18O4. The average Bonchev–Trinajstić information content (AvgIpc) is 3.20. The van der Waals surface area contributed by atoms with Crippen molar-refractivity contribution >= 4 is 0 Å². The monoisotopic (exact) mass is 298 g/mol. The van der Waals surface area contributed by atoms with E-state index in [0.29, 0.717) is 6.79 Å². The Morgan fingerprint density at radius 3 is 2.45 bits per heavy atom. The molecule has 22 heavy (non-hydrogen) atoms. The van der Waals surface area contributed by atoms with Gasteiger partial charge in [-0.15, -0.1) is 6.42 Å². The van der Waals surface area contributed by atoms with Gasteiger partial charge in [-0.1, -0.05) is 25.0 Å². The van der Waals surface area contributed by atoms with Gasteiger partial charge in [0.25, 0.3) is 0 Å². The summed E-state index contributed by atoms with van der Waals surface area (Å²) in [4.78, 5) is 0. The molecule has 1 atom stereocenters. The highest BCUT2D eigenvalue weighted by Crippen LogP contribution is 2.34. The van der Waals surface area contributed by atoms with E-state index in [2.05, 4.69) is 5.92 Å². The molecule has 1 aromatic carbocycles. The Morgan fingerprint density at radius 2 is 1.82 bits per heavy atom. The third-order valence-electron chi connectivity index (χ3n) is 3.49. The minimum absolute atomic E-state index is 0.0765. The topological polar surface area (TPSA) is 36.9 Å². The van der Waals surface area contributed by atoms with E-state index in [-0.39, 0.29) is 12.2 Å². The van der Waals surface area contributed by atoms with Crippen LogP contribution in [0, 0.1) is 18.3 Å². The van der Waals surface area contributed by atoms with Crippen LogP contribution in [0.1, 0.15) is 19.8 Å². The van der Waals surface area contributed by atoms with E-state index in [1.54, 1.807) is 0 Å². The van der Waals surface area contributed by atoms with Crippen LogP contribution in [0.2, 0.25) is 0 Å². The van der Waals surface area contributed by atoms with Crippen LogP contribution in [0.3, 0.4) is 0 Å². The van der Waals surface area contributed by atoms with Gasteiger partial charge in [-0.3, -0.25) is 0 Å². The van der Waals surface area contributed by atoms with Crippen LogP contribution in [0.5, 0.6) is 11.5 Å². The van der Waals surface area contributed by atoms with Gasteiger partial charge in [0.1, 0.15) is 0 Å². The van der Waals surface area contributed by atoms with E-state index in [0.717, 1.165) is 35.9 Å².